The van der Waals surface area contributed by atoms with E-state index in [1.54, 1.807) is 22.1 Å². The topological polar surface area (TPSA) is 71.4 Å². The number of pyridine rings is 1. The third kappa shape index (κ3) is 4.05. The Kier molecular flexibility index (Phi) is 5.19. The molecule has 2 aromatic heterocycles. The van der Waals surface area contributed by atoms with Crippen LogP contribution in [0.5, 0.6) is 0 Å². The van der Waals surface area contributed by atoms with E-state index >= 15 is 0 Å². The molecule has 0 spiro atoms. The molecule has 6 nitrogen and oxygen atoms in total. The fourth-order valence-electron chi connectivity index (χ4n) is 4.71. The minimum atomic E-state index is -3.76. The number of sulfonamides is 1. The van der Waals surface area contributed by atoms with E-state index in [0.29, 0.717) is 12.5 Å². The Bertz CT molecular complexity index is 1250. The Hall–Kier alpha value is -2.49. The van der Waals surface area contributed by atoms with Crippen molar-refractivity contribution in [1.82, 2.24) is 9.47 Å². The number of hydrogen-bond acceptors (Lipinski definition) is 5. The lowest BCUT2D eigenvalue weighted by Gasteiger charge is -2.43. The summed E-state index contributed by atoms with van der Waals surface area (Å²) in [5.41, 5.74) is 1.81. The summed E-state index contributed by atoms with van der Waals surface area (Å²) >= 11 is 1.11. The van der Waals surface area contributed by atoms with Gasteiger partial charge >= 0.3 is 0 Å². The van der Waals surface area contributed by atoms with Crippen molar-refractivity contribution in [2.24, 2.45) is 5.92 Å². The first-order chi connectivity index (χ1) is 14.9. The molecule has 1 fully saturated rings. The second-order valence-corrected chi connectivity index (χ2v) is 11.1. The van der Waals surface area contributed by atoms with E-state index in [0.717, 1.165) is 48.6 Å². The molecule has 0 radical (unpaired) electrons. The second kappa shape index (κ2) is 7.89. The maximum atomic E-state index is 13.2. The van der Waals surface area contributed by atoms with E-state index in [9.17, 15) is 17.6 Å². The average molecular weight is 460 g/mol. The predicted molar refractivity (Wildman–Crippen MR) is 118 cm³/mol. The number of hydrogen-bond donors (Lipinski definition) is 1. The summed E-state index contributed by atoms with van der Waals surface area (Å²) in [6.07, 6.45) is 1.01. The molecular weight excluding hydrogens is 437 g/mol. The molecule has 1 aromatic carbocycles. The zero-order valence-corrected chi connectivity index (χ0v) is 18.3. The molecule has 2 aliphatic rings. The van der Waals surface area contributed by atoms with E-state index in [-0.39, 0.29) is 27.2 Å². The molecule has 2 atom stereocenters. The van der Waals surface area contributed by atoms with Gasteiger partial charge in [-0.1, -0.05) is 18.2 Å². The molecule has 4 heterocycles. The number of piperidine rings is 1. The molecule has 0 unspecified atom stereocenters. The van der Waals surface area contributed by atoms with Crippen LogP contribution in [0.2, 0.25) is 0 Å². The number of thiophene rings is 1. The van der Waals surface area contributed by atoms with Gasteiger partial charge in [0.1, 0.15) is 15.7 Å². The molecule has 5 rings (SSSR count). The van der Waals surface area contributed by atoms with Crippen LogP contribution in [0.3, 0.4) is 0 Å². The fourth-order valence-corrected chi connectivity index (χ4v) is 6.76. The number of rotatable bonds is 5. The third-order valence-electron chi connectivity index (χ3n) is 6.00. The van der Waals surface area contributed by atoms with Crippen LogP contribution in [0.4, 0.5) is 10.1 Å². The Morgan fingerprint density at radius 1 is 1.06 bits per heavy atom. The first-order valence-electron chi connectivity index (χ1n) is 10.2. The number of halogens is 1. The number of nitrogens with one attached hydrogen (secondary N) is 1. The molecule has 2 aliphatic heterocycles. The van der Waals surface area contributed by atoms with Crippen LogP contribution in [0.1, 0.15) is 23.6 Å². The quantitative estimate of drug-likeness (QED) is 0.634. The highest BCUT2D eigenvalue weighted by Gasteiger charge is 2.35. The highest BCUT2D eigenvalue weighted by atomic mass is 32.2. The maximum Gasteiger partial charge on any atom is 0.275 e. The summed E-state index contributed by atoms with van der Waals surface area (Å²) in [5.74, 6) is 0.287. The molecule has 31 heavy (non-hydrogen) atoms. The van der Waals surface area contributed by atoms with Crippen molar-refractivity contribution in [3.05, 3.63) is 81.3 Å². The van der Waals surface area contributed by atoms with Gasteiger partial charge in [0.15, 0.2) is 0 Å². The minimum Gasteiger partial charge on any atom is -0.310 e. The molecule has 162 valence electrons. The summed E-state index contributed by atoms with van der Waals surface area (Å²) in [4.78, 5) is 15.4. The fraction of sp³-hybridized carbons (Fsp3) is 0.318. The van der Waals surface area contributed by atoms with E-state index in [2.05, 4.69) is 9.62 Å². The van der Waals surface area contributed by atoms with Crippen LogP contribution in [0.25, 0.3) is 0 Å². The van der Waals surface area contributed by atoms with Crippen molar-refractivity contribution < 1.29 is 12.8 Å². The zero-order valence-electron chi connectivity index (χ0n) is 16.7. The number of anilines is 1. The molecule has 1 N–H and O–H groups in total. The number of nitrogens with zero attached hydrogens (tertiary/aromatic N) is 2. The first kappa shape index (κ1) is 20.4. The summed E-state index contributed by atoms with van der Waals surface area (Å²) in [6.45, 7) is 2.98. The molecule has 0 saturated carbocycles. The van der Waals surface area contributed by atoms with Gasteiger partial charge in [0.25, 0.3) is 15.6 Å². The van der Waals surface area contributed by atoms with Gasteiger partial charge in [-0.25, -0.2) is 12.8 Å². The van der Waals surface area contributed by atoms with Gasteiger partial charge in [-0.2, -0.15) is 0 Å². The van der Waals surface area contributed by atoms with Gasteiger partial charge in [0.05, 0.1) is 0 Å². The SMILES string of the molecule is O=c1c(NS(=O)(=O)c2cccs2)ccc2n1C[C@@H]1C[C@@H]2CN(Cc2ccc(F)cc2)C1. The van der Waals surface area contributed by atoms with Crippen LogP contribution in [-0.2, 0) is 23.1 Å². The lowest BCUT2D eigenvalue weighted by molar-refractivity contribution is 0.114. The van der Waals surface area contributed by atoms with Crippen molar-refractivity contribution in [2.75, 3.05) is 17.8 Å². The van der Waals surface area contributed by atoms with Crippen molar-refractivity contribution >= 4 is 27.0 Å². The molecule has 2 bridgehead atoms. The standard InChI is InChI=1S/C22H22FN3O3S2/c23-18-5-3-15(4-6-18)11-25-12-16-10-17(14-25)20-8-7-19(22(27)26(20)13-16)24-31(28,29)21-2-1-9-30-21/h1-9,16-17,24H,10-14H2/t16-,17-/m1/s1. The second-order valence-electron chi connectivity index (χ2n) is 8.24. The van der Waals surface area contributed by atoms with Gasteiger partial charge in [-0.05, 0) is 53.6 Å². The predicted octanol–water partition coefficient (Wildman–Crippen LogP) is 3.47. The van der Waals surface area contributed by atoms with Gasteiger partial charge in [-0.15, -0.1) is 11.3 Å². The third-order valence-corrected chi connectivity index (χ3v) is 8.77. The molecule has 9 heteroatoms. The monoisotopic (exact) mass is 459 g/mol. The smallest absolute Gasteiger partial charge is 0.275 e. The average Bonchev–Trinajstić information content (AvgIpc) is 3.28. The minimum absolute atomic E-state index is 0.0836. The highest BCUT2D eigenvalue weighted by Crippen LogP contribution is 2.36. The van der Waals surface area contributed by atoms with Gasteiger partial charge in [0.2, 0.25) is 0 Å². The molecule has 0 aliphatic carbocycles. The van der Waals surface area contributed by atoms with Crippen molar-refractivity contribution in [3.63, 3.8) is 0 Å². The molecular formula is C22H22FN3O3S2. The van der Waals surface area contributed by atoms with Crippen LogP contribution in [0.15, 0.2) is 62.9 Å². The Morgan fingerprint density at radius 3 is 2.61 bits per heavy atom. The van der Waals surface area contributed by atoms with Crippen LogP contribution in [0, 0.1) is 11.7 Å². The number of fused-ring (bicyclic) bond motifs is 4. The van der Waals surface area contributed by atoms with Gasteiger partial charge in [0, 0.05) is 37.8 Å². The highest BCUT2D eigenvalue weighted by molar-refractivity contribution is 7.94. The number of likely N-dealkylation sites (tertiary alicyclic amines) is 1. The summed E-state index contributed by atoms with van der Waals surface area (Å²) < 4.78 is 42.6. The van der Waals surface area contributed by atoms with E-state index < -0.39 is 10.0 Å². The Morgan fingerprint density at radius 2 is 1.87 bits per heavy atom. The maximum absolute atomic E-state index is 13.2. The van der Waals surface area contributed by atoms with Crippen LogP contribution in [-0.4, -0.2) is 31.0 Å². The zero-order chi connectivity index (χ0) is 21.6. The van der Waals surface area contributed by atoms with Crippen molar-refractivity contribution in [3.8, 4) is 0 Å². The summed E-state index contributed by atoms with van der Waals surface area (Å²) in [7, 11) is -3.76. The van der Waals surface area contributed by atoms with Gasteiger partial charge in [-0.3, -0.25) is 14.4 Å². The summed E-state index contributed by atoms with van der Waals surface area (Å²) in [5, 5.41) is 1.69. The Labute approximate surface area is 184 Å². The van der Waals surface area contributed by atoms with E-state index in [4.69, 9.17) is 0 Å². The first-order valence-corrected chi connectivity index (χ1v) is 12.5. The number of benzene rings is 1. The van der Waals surface area contributed by atoms with Crippen molar-refractivity contribution in [1.29, 1.82) is 0 Å². The van der Waals surface area contributed by atoms with Gasteiger partial charge < -0.3 is 4.57 Å². The normalized spacial score (nSPS) is 20.9. The molecule has 1 saturated heterocycles. The molecule has 0 amide bonds. The Balaban J connectivity index is 1.38. The van der Waals surface area contributed by atoms with E-state index in [1.807, 2.05) is 18.2 Å². The molecule has 3 aromatic rings. The summed E-state index contributed by atoms with van der Waals surface area (Å²) in [6, 6.07) is 13.2. The van der Waals surface area contributed by atoms with E-state index in [1.165, 1.54) is 18.2 Å². The number of aromatic nitrogens is 1. The van der Waals surface area contributed by atoms with Crippen LogP contribution >= 0.6 is 11.3 Å². The lowest BCUT2D eigenvalue weighted by atomic mass is 9.83. The van der Waals surface area contributed by atoms with Crippen LogP contribution < -0.4 is 10.3 Å². The largest absolute Gasteiger partial charge is 0.310 e. The van der Waals surface area contributed by atoms with Crippen molar-refractivity contribution in [2.45, 2.75) is 29.6 Å². The lowest BCUT2D eigenvalue weighted by Crippen LogP contribution is -2.47.